The van der Waals surface area contributed by atoms with Crippen molar-refractivity contribution in [3.05, 3.63) is 65.2 Å². The van der Waals surface area contributed by atoms with E-state index in [1.165, 1.54) is 0 Å². The number of carbonyl (C=O) groups is 1. The number of urea groups is 1. The Morgan fingerprint density at radius 2 is 1.71 bits per heavy atom. The van der Waals surface area contributed by atoms with E-state index in [-0.39, 0.29) is 30.2 Å². The van der Waals surface area contributed by atoms with Gasteiger partial charge in [-0.05, 0) is 49.2 Å². The number of aryl methyl sites for hydroxylation is 2. The summed E-state index contributed by atoms with van der Waals surface area (Å²) in [5, 5.41) is 5.88. The molecular formula is C23H24N2O3. The van der Waals surface area contributed by atoms with E-state index in [1.54, 1.807) is 0 Å². The summed E-state index contributed by atoms with van der Waals surface area (Å²) >= 11 is 0. The molecule has 0 aromatic heterocycles. The van der Waals surface area contributed by atoms with Crippen LogP contribution in [-0.2, 0) is 9.47 Å². The number of nitrogens with one attached hydrogen (secondary N) is 2. The molecule has 144 valence electrons. The van der Waals surface area contributed by atoms with Crippen molar-refractivity contribution in [2.24, 2.45) is 5.92 Å². The molecule has 2 amide bonds. The van der Waals surface area contributed by atoms with E-state index in [4.69, 9.17) is 9.47 Å². The Morgan fingerprint density at radius 3 is 2.46 bits per heavy atom. The zero-order valence-corrected chi connectivity index (χ0v) is 16.1. The summed E-state index contributed by atoms with van der Waals surface area (Å²) in [6.45, 7) is 4.97. The summed E-state index contributed by atoms with van der Waals surface area (Å²) in [4.78, 5) is 12.4. The third-order valence-corrected chi connectivity index (χ3v) is 5.03. The fourth-order valence-electron chi connectivity index (χ4n) is 3.83. The number of rotatable bonds is 2. The molecular weight excluding hydrogens is 352 g/mol. The topological polar surface area (TPSA) is 59.6 Å². The van der Waals surface area contributed by atoms with Crippen molar-refractivity contribution in [2.45, 2.75) is 32.1 Å². The van der Waals surface area contributed by atoms with Gasteiger partial charge in [0.15, 0.2) is 0 Å². The standard InChI is InChI=1S/C23H24N2O3/c1-15-10-16(2)12-19(11-15)24-23(26)25-20-14-28-21-18(13-27-22(20)21)9-8-17-6-4-3-5-7-17/h3-7,10-12,18,20-22H,13-14H2,1-2H3,(H2,24,25,26)/t18-,20+,21+,22-/m1/s1. The molecule has 2 aliphatic rings. The summed E-state index contributed by atoms with van der Waals surface area (Å²) in [6.07, 6.45) is -0.275. The van der Waals surface area contributed by atoms with Crippen LogP contribution >= 0.6 is 0 Å². The average molecular weight is 376 g/mol. The normalized spacial score (nSPS) is 25.5. The predicted molar refractivity (Wildman–Crippen MR) is 108 cm³/mol. The van der Waals surface area contributed by atoms with Gasteiger partial charge in [-0.3, -0.25) is 0 Å². The Hall–Kier alpha value is -2.81. The number of benzene rings is 2. The van der Waals surface area contributed by atoms with E-state index in [2.05, 4.69) is 28.5 Å². The van der Waals surface area contributed by atoms with Crippen LogP contribution in [0.3, 0.4) is 0 Å². The van der Waals surface area contributed by atoms with Gasteiger partial charge in [0, 0.05) is 11.3 Å². The highest BCUT2D eigenvalue weighted by Gasteiger charge is 2.47. The van der Waals surface area contributed by atoms with Gasteiger partial charge in [-0.1, -0.05) is 36.1 Å². The summed E-state index contributed by atoms with van der Waals surface area (Å²) in [7, 11) is 0. The van der Waals surface area contributed by atoms with E-state index < -0.39 is 0 Å². The Morgan fingerprint density at radius 1 is 1.00 bits per heavy atom. The largest absolute Gasteiger partial charge is 0.372 e. The molecule has 5 heteroatoms. The first-order chi connectivity index (χ1) is 13.6. The van der Waals surface area contributed by atoms with E-state index in [9.17, 15) is 4.79 Å². The van der Waals surface area contributed by atoms with E-state index in [1.807, 2.05) is 56.3 Å². The maximum atomic E-state index is 12.4. The first-order valence-electron chi connectivity index (χ1n) is 9.54. The first kappa shape index (κ1) is 18.5. The van der Waals surface area contributed by atoms with Crippen LogP contribution in [0, 0.1) is 31.6 Å². The van der Waals surface area contributed by atoms with Crippen LogP contribution in [0.1, 0.15) is 16.7 Å². The van der Waals surface area contributed by atoms with Gasteiger partial charge >= 0.3 is 6.03 Å². The highest BCUT2D eigenvalue weighted by atomic mass is 16.6. The highest BCUT2D eigenvalue weighted by molar-refractivity contribution is 5.89. The first-order valence-corrected chi connectivity index (χ1v) is 9.54. The molecule has 2 aromatic carbocycles. The van der Waals surface area contributed by atoms with Crippen molar-refractivity contribution in [2.75, 3.05) is 18.5 Å². The second-order valence-corrected chi connectivity index (χ2v) is 7.42. The van der Waals surface area contributed by atoms with Crippen LogP contribution in [0.25, 0.3) is 0 Å². The molecule has 2 saturated heterocycles. The summed E-state index contributed by atoms with van der Waals surface area (Å²) in [5.41, 5.74) is 3.98. The molecule has 2 aliphatic heterocycles. The second-order valence-electron chi connectivity index (χ2n) is 7.42. The minimum atomic E-state index is -0.248. The highest BCUT2D eigenvalue weighted by Crippen LogP contribution is 2.31. The van der Waals surface area contributed by atoms with Gasteiger partial charge in [0.1, 0.15) is 12.2 Å². The fourth-order valence-corrected chi connectivity index (χ4v) is 3.83. The monoisotopic (exact) mass is 376 g/mol. The van der Waals surface area contributed by atoms with Gasteiger partial charge < -0.3 is 20.1 Å². The number of carbonyl (C=O) groups excluding carboxylic acids is 1. The summed E-state index contributed by atoms with van der Waals surface area (Å²) in [5.74, 6) is 6.47. The van der Waals surface area contributed by atoms with Crippen LogP contribution in [0.4, 0.5) is 10.5 Å². The molecule has 4 atom stereocenters. The van der Waals surface area contributed by atoms with Crippen molar-refractivity contribution in [3.63, 3.8) is 0 Å². The van der Waals surface area contributed by atoms with Gasteiger partial charge in [-0.2, -0.15) is 0 Å². The lowest BCUT2D eigenvalue weighted by molar-refractivity contribution is 0.0666. The SMILES string of the molecule is Cc1cc(C)cc(NC(=O)N[C@H]2CO[C@@H]3[C@@H]2OC[C@H]3C#Cc2ccccc2)c1. The molecule has 0 spiro atoms. The van der Waals surface area contributed by atoms with Crippen LogP contribution in [-0.4, -0.2) is 37.5 Å². The molecule has 4 rings (SSSR count). The van der Waals surface area contributed by atoms with Crippen molar-refractivity contribution >= 4 is 11.7 Å². The smallest absolute Gasteiger partial charge is 0.319 e. The maximum absolute atomic E-state index is 12.4. The van der Waals surface area contributed by atoms with Crippen molar-refractivity contribution in [1.29, 1.82) is 0 Å². The molecule has 2 fully saturated rings. The lowest BCUT2D eigenvalue weighted by Crippen LogP contribution is -2.45. The maximum Gasteiger partial charge on any atom is 0.319 e. The number of fused-ring (bicyclic) bond motifs is 1. The number of ether oxygens (including phenoxy) is 2. The zero-order chi connectivity index (χ0) is 19.5. The molecule has 28 heavy (non-hydrogen) atoms. The molecule has 0 bridgehead atoms. The Labute approximate surface area is 165 Å². The number of hydrogen-bond donors (Lipinski definition) is 2. The van der Waals surface area contributed by atoms with Crippen LogP contribution in [0.2, 0.25) is 0 Å². The number of hydrogen-bond acceptors (Lipinski definition) is 3. The summed E-state index contributed by atoms with van der Waals surface area (Å²) in [6, 6.07) is 15.4. The van der Waals surface area contributed by atoms with Crippen LogP contribution in [0.5, 0.6) is 0 Å². The average Bonchev–Trinajstić information content (AvgIpc) is 3.23. The van der Waals surface area contributed by atoms with Crippen LogP contribution < -0.4 is 10.6 Å². The molecule has 0 aliphatic carbocycles. The molecule has 2 N–H and O–H groups in total. The Kier molecular flexibility index (Phi) is 5.34. The Bertz CT molecular complexity index is 896. The fraction of sp³-hybridized carbons (Fsp3) is 0.348. The van der Waals surface area contributed by atoms with Crippen molar-refractivity contribution in [3.8, 4) is 11.8 Å². The third kappa shape index (κ3) is 4.19. The molecule has 0 saturated carbocycles. The molecule has 0 unspecified atom stereocenters. The predicted octanol–water partition coefficient (Wildman–Crippen LogP) is 3.26. The van der Waals surface area contributed by atoms with Gasteiger partial charge in [0.2, 0.25) is 0 Å². The molecule has 2 aromatic rings. The van der Waals surface area contributed by atoms with Gasteiger partial charge in [0.25, 0.3) is 0 Å². The van der Waals surface area contributed by atoms with Gasteiger partial charge in [0.05, 0.1) is 25.2 Å². The number of amides is 2. The van der Waals surface area contributed by atoms with E-state index >= 15 is 0 Å². The van der Waals surface area contributed by atoms with E-state index in [0.717, 1.165) is 22.4 Å². The lowest BCUT2D eigenvalue weighted by atomic mass is 10.0. The van der Waals surface area contributed by atoms with Crippen LogP contribution in [0.15, 0.2) is 48.5 Å². The minimum absolute atomic E-state index is 0.0134. The van der Waals surface area contributed by atoms with Crippen molar-refractivity contribution in [1.82, 2.24) is 5.32 Å². The van der Waals surface area contributed by atoms with Gasteiger partial charge in [-0.25, -0.2) is 4.79 Å². The molecule has 2 heterocycles. The zero-order valence-electron chi connectivity index (χ0n) is 16.1. The molecule has 0 radical (unpaired) electrons. The lowest BCUT2D eigenvalue weighted by Gasteiger charge is -2.18. The van der Waals surface area contributed by atoms with Crippen molar-refractivity contribution < 1.29 is 14.3 Å². The Balaban J connectivity index is 1.35. The summed E-state index contributed by atoms with van der Waals surface area (Å²) < 4.78 is 11.8. The second kappa shape index (κ2) is 8.05. The van der Waals surface area contributed by atoms with Gasteiger partial charge in [-0.15, -0.1) is 0 Å². The number of anilines is 1. The third-order valence-electron chi connectivity index (χ3n) is 5.03. The van der Waals surface area contributed by atoms with E-state index in [0.29, 0.717) is 13.2 Å². The molecule has 5 nitrogen and oxygen atoms in total. The minimum Gasteiger partial charge on any atom is -0.372 e. The quantitative estimate of drug-likeness (QED) is 0.791.